The lowest BCUT2D eigenvalue weighted by Crippen LogP contribution is -2.41. The molecule has 0 saturated carbocycles. The van der Waals surface area contributed by atoms with Gasteiger partial charge >= 0.3 is 0 Å². The molecule has 7 nitrogen and oxygen atoms in total. The second-order valence-electron chi connectivity index (χ2n) is 8.34. The van der Waals surface area contributed by atoms with Crippen molar-refractivity contribution in [2.45, 2.75) is 25.8 Å². The summed E-state index contributed by atoms with van der Waals surface area (Å²) in [4.78, 5) is 27.7. The van der Waals surface area contributed by atoms with Gasteiger partial charge in [-0.3, -0.25) is 4.79 Å². The zero-order valence-electron chi connectivity index (χ0n) is 22.6. The van der Waals surface area contributed by atoms with Crippen molar-refractivity contribution in [1.82, 2.24) is 24.4 Å². The second-order valence-corrected chi connectivity index (χ2v) is 9.19. The predicted molar refractivity (Wildman–Crippen MR) is 132 cm³/mol. The summed E-state index contributed by atoms with van der Waals surface area (Å²) in [6.07, 6.45) is 3.19. The summed E-state index contributed by atoms with van der Waals surface area (Å²) in [5, 5.41) is 4.87. The minimum atomic E-state index is -2.09. The number of hydrogen-bond acceptors (Lipinski definition) is 6. The number of amides is 1. The summed E-state index contributed by atoms with van der Waals surface area (Å²) < 4.78 is 46.1. The van der Waals surface area contributed by atoms with E-state index in [0.717, 1.165) is 5.56 Å². The normalized spacial score (nSPS) is 16.8. The Labute approximate surface area is 206 Å². The van der Waals surface area contributed by atoms with Gasteiger partial charge in [0.2, 0.25) is 0 Å². The summed E-state index contributed by atoms with van der Waals surface area (Å²) >= 11 is 1.25. The molecule has 1 N–H and O–H groups in total. The Bertz CT molecular complexity index is 1450. The van der Waals surface area contributed by atoms with Gasteiger partial charge in [-0.2, -0.15) is 0 Å². The number of likely N-dealkylation sites (N-methyl/N-ethyl adjacent to an activating group) is 1. The fraction of sp³-hybridized carbons (Fsp3) is 0.280. The molecular weight excluding hydrogens is 451 g/mol. The van der Waals surface area contributed by atoms with E-state index in [0.29, 0.717) is 40.9 Å². The maximum absolute atomic E-state index is 13.5. The van der Waals surface area contributed by atoms with Crippen LogP contribution in [0.25, 0.3) is 22.0 Å². The molecule has 174 valence electrons. The van der Waals surface area contributed by atoms with Crippen LogP contribution in [-0.4, -0.2) is 50.4 Å². The fourth-order valence-electron chi connectivity index (χ4n) is 3.79. The van der Waals surface area contributed by atoms with Crippen molar-refractivity contribution in [3.63, 3.8) is 0 Å². The van der Waals surface area contributed by atoms with E-state index in [1.807, 2.05) is 6.07 Å². The number of thiazole rings is 1. The average Bonchev–Trinajstić information content (AvgIpc) is 3.46. The first kappa shape index (κ1) is 18.0. The molecule has 1 saturated heterocycles. The highest BCUT2D eigenvalue weighted by Crippen LogP contribution is 2.35. The van der Waals surface area contributed by atoms with E-state index in [2.05, 4.69) is 20.3 Å². The molecule has 9 heteroatoms. The first-order chi connectivity index (χ1) is 17.9. The Morgan fingerprint density at radius 3 is 2.71 bits per heavy atom. The number of hydrogen-bond donors (Lipinski definition) is 1. The number of aromatic nitrogens is 4. The largest absolute Gasteiger partial charge is 0.326 e. The molecule has 1 amide bonds. The first-order valence-corrected chi connectivity index (χ1v) is 11.6. The van der Waals surface area contributed by atoms with Crippen LogP contribution in [0.5, 0.6) is 0 Å². The highest BCUT2D eigenvalue weighted by molar-refractivity contribution is 7.13. The van der Waals surface area contributed by atoms with Crippen molar-refractivity contribution in [2.24, 2.45) is 0 Å². The summed E-state index contributed by atoms with van der Waals surface area (Å²) in [5.41, 5.74) is 2.87. The number of benzene rings is 1. The van der Waals surface area contributed by atoms with Gasteiger partial charge in [0.1, 0.15) is 28.0 Å². The Balaban J connectivity index is 1.34. The molecule has 0 atom stereocenters. The Morgan fingerprint density at radius 2 is 2.03 bits per heavy atom. The standard InChI is InChI=1S/C25H25FN6OS/c1-15(2)32-14-28-22(16-4-7-19(26)8-5-16)23(32)25-29-20(13-34-25)24(33)30-21-9-6-17(10-27-21)18-11-31(3)12-18/h4-10,13-15,18H,11-12H2,1-3H3,(H,27,30,33)/i3D3,15D. The van der Waals surface area contributed by atoms with E-state index in [1.54, 1.807) is 54.5 Å². The number of nitrogens with one attached hydrogen (secondary N) is 1. The molecule has 4 aromatic rings. The molecule has 0 aliphatic carbocycles. The number of imidazole rings is 1. The van der Waals surface area contributed by atoms with Gasteiger partial charge in [0.05, 0.1) is 13.4 Å². The number of nitrogens with zero attached hydrogens (tertiary/aromatic N) is 5. The number of carbonyl (C=O) groups excluding carboxylic acids is 1. The fourth-order valence-corrected chi connectivity index (χ4v) is 4.63. The molecule has 4 heterocycles. The van der Waals surface area contributed by atoms with E-state index in [4.69, 9.17) is 5.48 Å². The summed E-state index contributed by atoms with van der Waals surface area (Å²) in [6, 6.07) is 8.38. The van der Waals surface area contributed by atoms with E-state index >= 15 is 0 Å². The number of pyridine rings is 1. The molecular formula is C25H25FN6OS. The van der Waals surface area contributed by atoms with Crippen LogP contribution in [0.4, 0.5) is 10.2 Å². The third-order valence-electron chi connectivity index (χ3n) is 5.69. The van der Waals surface area contributed by atoms with Gasteiger partial charge in [-0.15, -0.1) is 11.3 Å². The minimum absolute atomic E-state index is 0.0928. The molecule has 3 aromatic heterocycles. The Hall–Kier alpha value is -3.43. The van der Waals surface area contributed by atoms with Gasteiger partial charge in [0, 0.05) is 46.3 Å². The summed E-state index contributed by atoms with van der Waals surface area (Å²) in [5.74, 6) is -0.361. The van der Waals surface area contributed by atoms with Crippen molar-refractivity contribution in [3.8, 4) is 22.0 Å². The zero-order chi connectivity index (χ0) is 27.2. The zero-order valence-corrected chi connectivity index (χ0v) is 19.4. The van der Waals surface area contributed by atoms with Crippen molar-refractivity contribution < 1.29 is 14.7 Å². The van der Waals surface area contributed by atoms with Crippen LogP contribution < -0.4 is 5.32 Å². The molecule has 5 rings (SSSR count). The van der Waals surface area contributed by atoms with Gasteiger partial charge in [-0.25, -0.2) is 19.3 Å². The number of rotatable bonds is 6. The Kier molecular flexibility index (Phi) is 4.80. The molecule has 1 aromatic carbocycles. The maximum atomic E-state index is 13.5. The lowest BCUT2D eigenvalue weighted by atomic mass is 9.93. The van der Waals surface area contributed by atoms with Crippen molar-refractivity contribution >= 4 is 23.1 Å². The van der Waals surface area contributed by atoms with Gasteiger partial charge in [0.25, 0.3) is 5.91 Å². The highest BCUT2D eigenvalue weighted by atomic mass is 32.1. The molecule has 0 unspecified atom stereocenters. The molecule has 0 spiro atoms. The second kappa shape index (κ2) is 9.08. The third-order valence-corrected chi connectivity index (χ3v) is 6.54. The van der Waals surface area contributed by atoms with Crippen molar-refractivity contribution in [2.75, 3.05) is 25.4 Å². The lowest BCUT2D eigenvalue weighted by molar-refractivity contribution is 0.102. The van der Waals surface area contributed by atoms with E-state index in [1.165, 1.54) is 28.4 Å². The smallest absolute Gasteiger partial charge is 0.276 e. The van der Waals surface area contributed by atoms with Gasteiger partial charge < -0.3 is 14.8 Å². The summed E-state index contributed by atoms with van der Waals surface area (Å²) in [6.45, 7) is 2.23. The number of likely N-dealkylation sites (tertiary alicyclic amines) is 1. The highest BCUT2D eigenvalue weighted by Gasteiger charge is 2.25. The monoisotopic (exact) mass is 480 g/mol. The molecule has 1 fully saturated rings. The van der Waals surface area contributed by atoms with Crippen LogP contribution in [0.1, 0.15) is 47.3 Å². The van der Waals surface area contributed by atoms with Crippen LogP contribution in [0.2, 0.25) is 0 Å². The van der Waals surface area contributed by atoms with E-state index in [-0.39, 0.29) is 17.4 Å². The summed E-state index contributed by atoms with van der Waals surface area (Å²) in [7, 11) is 0. The lowest BCUT2D eigenvalue weighted by Gasteiger charge is -2.36. The van der Waals surface area contributed by atoms with Crippen LogP contribution in [-0.2, 0) is 0 Å². The van der Waals surface area contributed by atoms with Crippen LogP contribution >= 0.6 is 11.3 Å². The van der Waals surface area contributed by atoms with Gasteiger partial charge in [-0.05, 0) is 56.7 Å². The molecule has 0 radical (unpaired) electrons. The van der Waals surface area contributed by atoms with E-state index in [9.17, 15) is 9.18 Å². The number of halogens is 1. The molecule has 1 aliphatic heterocycles. The van der Waals surface area contributed by atoms with Gasteiger partial charge in [-0.1, -0.05) is 6.07 Å². The Morgan fingerprint density at radius 1 is 1.24 bits per heavy atom. The number of carbonyl (C=O) groups is 1. The quantitative estimate of drug-likeness (QED) is 0.417. The predicted octanol–water partition coefficient (Wildman–Crippen LogP) is 5.07. The minimum Gasteiger partial charge on any atom is -0.326 e. The average molecular weight is 481 g/mol. The molecule has 1 aliphatic rings. The third kappa shape index (κ3) is 4.36. The van der Waals surface area contributed by atoms with Crippen molar-refractivity contribution in [3.05, 3.63) is 71.4 Å². The maximum Gasteiger partial charge on any atom is 0.276 e. The van der Waals surface area contributed by atoms with Crippen LogP contribution in [0, 0.1) is 5.82 Å². The van der Waals surface area contributed by atoms with Gasteiger partial charge in [0.15, 0.2) is 0 Å². The van der Waals surface area contributed by atoms with E-state index < -0.39 is 18.9 Å². The first-order valence-electron chi connectivity index (χ1n) is 12.7. The van der Waals surface area contributed by atoms with Crippen molar-refractivity contribution in [1.29, 1.82) is 0 Å². The molecule has 34 heavy (non-hydrogen) atoms. The topological polar surface area (TPSA) is 75.9 Å². The van der Waals surface area contributed by atoms with Crippen LogP contribution in [0.15, 0.2) is 54.3 Å². The molecule has 0 bridgehead atoms. The SMILES string of the molecule is [2H]C([2H])([2H])N1CC(c2ccc(NC(=O)c3csc(-c4c(-c5ccc(F)cc5)ncn4C([2H])(C)C)n3)nc2)C1. The van der Waals surface area contributed by atoms with Crippen LogP contribution in [0.3, 0.4) is 0 Å². The number of anilines is 1.